The molecule has 138 valence electrons. The number of rotatable bonds is 4. The molecule has 1 saturated heterocycles. The predicted octanol–water partition coefficient (Wildman–Crippen LogP) is 4.57. The third-order valence-corrected chi connectivity index (χ3v) is 4.65. The van der Waals surface area contributed by atoms with Crippen molar-refractivity contribution in [2.75, 3.05) is 5.01 Å². The number of furan rings is 1. The zero-order valence-corrected chi connectivity index (χ0v) is 15.8. The van der Waals surface area contributed by atoms with Crippen LogP contribution in [-0.2, 0) is 9.59 Å². The summed E-state index contributed by atoms with van der Waals surface area (Å²) in [5.74, 6) is -0.154. The Kier molecular flexibility index (Phi) is 4.62. The number of hydrazine groups is 1. The fourth-order valence-corrected chi connectivity index (χ4v) is 3.04. The van der Waals surface area contributed by atoms with Gasteiger partial charge in [-0.15, -0.1) is 4.91 Å². The molecular formula is C20H12BrN3O4. The molecule has 0 bridgehead atoms. The summed E-state index contributed by atoms with van der Waals surface area (Å²) in [5, 5.41) is 4.08. The summed E-state index contributed by atoms with van der Waals surface area (Å²) in [5.41, 5.74) is 3.99. The highest BCUT2D eigenvalue weighted by atomic mass is 79.9. The lowest BCUT2D eigenvalue weighted by Crippen LogP contribution is -2.35. The molecule has 1 aliphatic heterocycles. The lowest BCUT2D eigenvalue weighted by molar-refractivity contribution is -0.117. The molecular weight excluding hydrogens is 426 g/mol. The van der Waals surface area contributed by atoms with Crippen LogP contribution in [0.5, 0.6) is 0 Å². The standard InChI is InChI=1S/C20H12BrN3O4/c21-13-4-6-15(7-5-13)24-20(26)17(19(25)22-24)11-16-8-9-18(28-16)12-2-1-3-14(10-12)23-27/h1-11H,(H,22,25)/b17-11-. The van der Waals surface area contributed by atoms with Gasteiger partial charge in [-0.3, -0.25) is 15.0 Å². The highest BCUT2D eigenvalue weighted by molar-refractivity contribution is 9.10. The average molecular weight is 438 g/mol. The van der Waals surface area contributed by atoms with Gasteiger partial charge in [0.15, 0.2) is 0 Å². The van der Waals surface area contributed by atoms with Crippen molar-refractivity contribution in [1.29, 1.82) is 0 Å². The Morgan fingerprint density at radius 1 is 1.04 bits per heavy atom. The van der Waals surface area contributed by atoms with Gasteiger partial charge >= 0.3 is 0 Å². The molecule has 0 aliphatic carbocycles. The first-order valence-electron chi connectivity index (χ1n) is 8.21. The number of carbonyl (C=O) groups excluding carboxylic acids is 2. The molecule has 1 fully saturated rings. The summed E-state index contributed by atoms with van der Waals surface area (Å²) in [6, 6.07) is 17.0. The van der Waals surface area contributed by atoms with Crippen molar-refractivity contribution in [1.82, 2.24) is 5.43 Å². The Morgan fingerprint density at radius 3 is 2.57 bits per heavy atom. The first-order valence-corrected chi connectivity index (χ1v) is 9.01. The quantitative estimate of drug-likeness (QED) is 0.367. The number of nitrogens with one attached hydrogen (secondary N) is 1. The zero-order valence-electron chi connectivity index (χ0n) is 14.3. The highest BCUT2D eigenvalue weighted by Gasteiger charge is 2.34. The SMILES string of the molecule is O=Nc1cccc(-c2ccc(/C=C3/C(=O)NN(c4ccc(Br)cc4)C3=O)o2)c1. The minimum absolute atomic E-state index is 0.0351. The summed E-state index contributed by atoms with van der Waals surface area (Å²) in [6.45, 7) is 0. The second-order valence-electron chi connectivity index (χ2n) is 5.96. The molecule has 2 amide bonds. The topological polar surface area (TPSA) is 92.0 Å². The van der Waals surface area contributed by atoms with E-state index in [1.165, 1.54) is 11.1 Å². The molecule has 3 aromatic rings. The van der Waals surface area contributed by atoms with E-state index >= 15 is 0 Å². The van der Waals surface area contributed by atoms with E-state index < -0.39 is 11.8 Å². The van der Waals surface area contributed by atoms with Gasteiger partial charge in [0, 0.05) is 10.0 Å². The molecule has 28 heavy (non-hydrogen) atoms. The van der Waals surface area contributed by atoms with Gasteiger partial charge in [-0.05, 0) is 59.8 Å². The first-order chi connectivity index (χ1) is 13.5. The molecule has 7 nitrogen and oxygen atoms in total. The van der Waals surface area contributed by atoms with E-state index in [9.17, 15) is 14.5 Å². The maximum absolute atomic E-state index is 12.6. The van der Waals surface area contributed by atoms with Gasteiger partial charge in [0.25, 0.3) is 11.8 Å². The normalized spacial score (nSPS) is 15.2. The second kappa shape index (κ2) is 7.24. The Bertz CT molecular complexity index is 1120. The number of carbonyl (C=O) groups is 2. The van der Waals surface area contributed by atoms with Crippen LogP contribution in [0.25, 0.3) is 17.4 Å². The van der Waals surface area contributed by atoms with Crippen LogP contribution in [0, 0.1) is 4.91 Å². The summed E-state index contributed by atoms with van der Waals surface area (Å²) in [6.07, 6.45) is 1.39. The van der Waals surface area contributed by atoms with E-state index in [2.05, 4.69) is 26.5 Å². The number of benzene rings is 2. The van der Waals surface area contributed by atoms with E-state index in [4.69, 9.17) is 4.42 Å². The monoisotopic (exact) mass is 437 g/mol. The molecule has 0 radical (unpaired) electrons. The number of nitrogens with zero attached hydrogens (tertiary/aromatic N) is 2. The van der Waals surface area contributed by atoms with Crippen LogP contribution < -0.4 is 10.4 Å². The third-order valence-electron chi connectivity index (χ3n) is 4.13. The van der Waals surface area contributed by atoms with E-state index in [0.717, 1.165) is 4.47 Å². The molecule has 4 rings (SSSR count). The van der Waals surface area contributed by atoms with E-state index in [1.807, 2.05) is 0 Å². The van der Waals surface area contributed by atoms with Gasteiger partial charge in [0.2, 0.25) is 0 Å². The minimum atomic E-state index is -0.516. The lowest BCUT2D eigenvalue weighted by Gasteiger charge is -2.14. The first kappa shape index (κ1) is 17.9. The molecule has 0 saturated carbocycles. The Balaban J connectivity index is 1.61. The second-order valence-corrected chi connectivity index (χ2v) is 6.88. The molecule has 1 N–H and O–H groups in total. The lowest BCUT2D eigenvalue weighted by atomic mass is 10.1. The molecule has 8 heteroatoms. The number of nitroso groups, excluding NO2 is 1. The summed E-state index contributed by atoms with van der Waals surface area (Å²) < 4.78 is 6.57. The zero-order chi connectivity index (χ0) is 19.7. The number of hydrogen-bond acceptors (Lipinski definition) is 5. The van der Waals surface area contributed by atoms with Crippen LogP contribution in [-0.4, -0.2) is 11.8 Å². The van der Waals surface area contributed by atoms with Crippen LogP contribution in [0.3, 0.4) is 0 Å². The maximum Gasteiger partial charge on any atom is 0.282 e. The van der Waals surface area contributed by atoms with Crippen molar-refractivity contribution in [2.45, 2.75) is 0 Å². The summed E-state index contributed by atoms with van der Waals surface area (Å²) >= 11 is 3.33. The molecule has 0 spiro atoms. The van der Waals surface area contributed by atoms with Gasteiger partial charge in [-0.25, -0.2) is 5.01 Å². The van der Waals surface area contributed by atoms with Crippen LogP contribution in [0.1, 0.15) is 5.76 Å². The van der Waals surface area contributed by atoms with Crippen molar-refractivity contribution in [3.63, 3.8) is 0 Å². The molecule has 1 aliphatic rings. The third kappa shape index (κ3) is 3.37. The Labute approximate surface area is 167 Å². The van der Waals surface area contributed by atoms with Crippen molar-refractivity contribution in [3.8, 4) is 11.3 Å². The van der Waals surface area contributed by atoms with Gasteiger partial charge in [0.05, 0.1) is 5.69 Å². The molecule has 2 heterocycles. The van der Waals surface area contributed by atoms with Crippen LogP contribution in [0.15, 0.2) is 80.3 Å². The number of anilines is 1. The summed E-state index contributed by atoms with van der Waals surface area (Å²) in [7, 11) is 0. The van der Waals surface area contributed by atoms with Crippen molar-refractivity contribution in [2.24, 2.45) is 5.18 Å². The maximum atomic E-state index is 12.6. The average Bonchev–Trinajstić information content (AvgIpc) is 3.29. The van der Waals surface area contributed by atoms with Crippen molar-refractivity contribution < 1.29 is 14.0 Å². The Morgan fingerprint density at radius 2 is 1.82 bits per heavy atom. The molecule has 1 aromatic heterocycles. The minimum Gasteiger partial charge on any atom is -0.457 e. The van der Waals surface area contributed by atoms with Gasteiger partial charge in [-0.2, -0.15) is 0 Å². The number of amides is 2. The Hall–Kier alpha value is -3.52. The fraction of sp³-hybridized carbons (Fsp3) is 0. The van der Waals surface area contributed by atoms with E-state index in [1.54, 1.807) is 60.7 Å². The molecule has 0 atom stereocenters. The molecule has 0 unspecified atom stereocenters. The van der Waals surface area contributed by atoms with Crippen LogP contribution >= 0.6 is 15.9 Å². The van der Waals surface area contributed by atoms with Crippen molar-refractivity contribution in [3.05, 3.63) is 81.4 Å². The van der Waals surface area contributed by atoms with Crippen LogP contribution in [0.2, 0.25) is 0 Å². The number of hydrogen-bond donors (Lipinski definition) is 1. The smallest absolute Gasteiger partial charge is 0.282 e. The molecule has 2 aromatic carbocycles. The van der Waals surface area contributed by atoms with Crippen LogP contribution in [0.4, 0.5) is 11.4 Å². The fourth-order valence-electron chi connectivity index (χ4n) is 2.77. The highest BCUT2D eigenvalue weighted by Crippen LogP contribution is 2.28. The predicted molar refractivity (Wildman–Crippen MR) is 107 cm³/mol. The summed E-state index contributed by atoms with van der Waals surface area (Å²) in [4.78, 5) is 35.6. The number of halogens is 1. The van der Waals surface area contributed by atoms with Gasteiger partial charge < -0.3 is 4.42 Å². The van der Waals surface area contributed by atoms with E-state index in [0.29, 0.717) is 22.8 Å². The largest absolute Gasteiger partial charge is 0.457 e. The van der Waals surface area contributed by atoms with Crippen molar-refractivity contribution >= 4 is 45.2 Å². The van der Waals surface area contributed by atoms with Gasteiger partial charge in [0.1, 0.15) is 22.8 Å². The van der Waals surface area contributed by atoms with E-state index in [-0.39, 0.29) is 11.3 Å². The van der Waals surface area contributed by atoms with Gasteiger partial charge in [-0.1, -0.05) is 28.1 Å².